The fourth-order valence-electron chi connectivity index (χ4n) is 1.54. The smallest absolute Gasteiger partial charge is 0.388 e. The molecule has 0 atom stereocenters. The number of halogens is 10. The monoisotopic (exact) mass is 394 g/mol. The van der Waals surface area contributed by atoms with E-state index >= 15 is 0 Å². The molecule has 0 N–H and O–H groups in total. The summed E-state index contributed by atoms with van der Waals surface area (Å²) in [6.07, 6.45) is -2.56. The van der Waals surface area contributed by atoms with Crippen LogP contribution in [-0.2, 0) is 0 Å². The van der Waals surface area contributed by atoms with Crippen LogP contribution in [0.15, 0.2) is 0 Å². The van der Waals surface area contributed by atoms with Gasteiger partial charge in [0.05, 0.1) is 0 Å². The first-order valence-electron chi connectivity index (χ1n) is 5.91. The van der Waals surface area contributed by atoms with Gasteiger partial charge in [0.15, 0.2) is 0 Å². The van der Waals surface area contributed by atoms with Crippen molar-refractivity contribution < 1.29 is 58.2 Å². The molecule has 0 saturated carbocycles. The Balaban J connectivity index is 2.41. The topological polar surface area (TPSA) is 35.5 Å². The largest absolute Gasteiger partial charge is 0.519 e. The zero-order valence-electron chi connectivity index (χ0n) is 11.5. The summed E-state index contributed by atoms with van der Waals surface area (Å²) in [6, 6.07) is 0. The van der Waals surface area contributed by atoms with Crippen LogP contribution in [0.2, 0.25) is 0 Å². The first kappa shape index (κ1) is 19.3. The van der Waals surface area contributed by atoms with Gasteiger partial charge in [-0.2, -0.15) is 17.6 Å². The van der Waals surface area contributed by atoms with E-state index in [2.05, 4.69) is 9.47 Å². The summed E-state index contributed by atoms with van der Waals surface area (Å²) >= 11 is 0. The van der Waals surface area contributed by atoms with Gasteiger partial charge in [-0.25, -0.2) is 31.1 Å². The van der Waals surface area contributed by atoms with E-state index in [-0.39, 0.29) is 0 Å². The Morgan fingerprint density at radius 2 is 0.615 bits per heavy atom. The Hall–Kier alpha value is -2.99. The van der Waals surface area contributed by atoms with Crippen molar-refractivity contribution in [3.8, 4) is 11.5 Å². The average molecular weight is 394 g/mol. The van der Waals surface area contributed by atoms with E-state index in [1.807, 2.05) is 0 Å². The second-order valence-corrected chi connectivity index (χ2v) is 4.25. The molecule has 2 aromatic carbocycles. The fourth-order valence-corrected chi connectivity index (χ4v) is 1.54. The van der Waals surface area contributed by atoms with Crippen LogP contribution in [0.4, 0.5) is 48.7 Å². The first-order valence-corrected chi connectivity index (χ1v) is 5.91. The van der Waals surface area contributed by atoms with Crippen molar-refractivity contribution in [1.82, 2.24) is 0 Å². The van der Waals surface area contributed by atoms with Gasteiger partial charge in [-0.05, 0) is 0 Å². The van der Waals surface area contributed by atoms with Crippen molar-refractivity contribution in [2.45, 2.75) is 0 Å². The molecule has 0 aliphatic heterocycles. The van der Waals surface area contributed by atoms with E-state index in [9.17, 15) is 48.7 Å². The van der Waals surface area contributed by atoms with Crippen molar-refractivity contribution in [2.75, 3.05) is 0 Å². The summed E-state index contributed by atoms with van der Waals surface area (Å²) in [5.74, 6) is -30.5. The van der Waals surface area contributed by atoms with Gasteiger partial charge in [-0.15, -0.1) is 0 Å². The molecule has 2 rings (SSSR count). The maximum Gasteiger partial charge on any atom is 0.519 e. The molecule has 0 spiro atoms. The van der Waals surface area contributed by atoms with E-state index in [4.69, 9.17) is 0 Å². The van der Waals surface area contributed by atoms with Gasteiger partial charge in [-0.3, -0.25) is 0 Å². The molecule has 0 fully saturated rings. The lowest BCUT2D eigenvalue weighted by molar-refractivity contribution is 0.140. The molecule has 2 aromatic rings. The summed E-state index contributed by atoms with van der Waals surface area (Å²) in [7, 11) is 0. The standard InChI is InChI=1S/C13F10O3/c14-1-3(16)7(20)11(8(21)4(1)17)25-13(24)26-12-9(22)5(18)2(15)6(19)10(12)23. The molecule has 0 radical (unpaired) electrons. The van der Waals surface area contributed by atoms with Crippen LogP contribution in [-0.4, -0.2) is 6.16 Å². The number of rotatable bonds is 2. The highest BCUT2D eigenvalue weighted by molar-refractivity contribution is 5.67. The molecule has 26 heavy (non-hydrogen) atoms. The lowest BCUT2D eigenvalue weighted by Gasteiger charge is -2.10. The van der Waals surface area contributed by atoms with Gasteiger partial charge in [-0.1, -0.05) is 0 Å². The van der Waals surface area contributed by atoms with Crippen LogP contribution >= 0.6 is 0 Å². The molecular weight excluding hydrogens is 394 g/mol. The Morgan fingerprint density at radius 3 is 0.846 bits per heavy atom. The van der Waals surface area contributed by atoms with Crippen LogP contribution in [0.5, 0.6) is 11.5 Å². The van der Waals surface area contributed by atoms with Gasteiger partial charge in [0.25, 0.3) is 0 Å². The quantitative estimate of drug-likeness (QED) is 0.245. The summed E-state index contributed by atoms with van der Waals surface area (Å²) in [5, 5.41) is 0. The minimum Gasteiger partial charge on any atom is -0.388 e. The second kappa shape index (κ2) is 6.72. The van der Waals surface area contributed by atoms with Crippen LogP contribution in [0, 0.1) is 58.2 Å². The predicted molar refractivity (Wildman–Crippen MR) is 59.1 cm³/mol. The number of hydrogen-bond donors (Lipinski definition) is 0. The summed E-state index contributed by atoms with van der Waals surface area (Å²) in [6.45, 7) is 0. The Labute approximate surface area is 135 Å². The molecule has 0 saturated heterocycles. The highest BCUT2D eigenvalue weighted by Crippen LogP contribution is 2.32. The number of carbonyl (C=O) groups is 1. The van der Waals surface area contributed by atoms with E-state index in [0.717, 1.165) is 0 Å². The predicted octanol–water partition coefficient (Wildman–Crippen LogP) is 4.66. The summed E-state index contributed by atoms with van der Waals surface area (Å²) in [4.78, 5) is 11.2. The molecule has 0 heterocycles. The zero-order chi connectivity index (χ0) is 19.9. The van der Waals surface area contributed by atoms with Crippen LogP contribution < -0.4 is 9.47 Å². The molecule has 3 nitrogen and oxygen atoms in total. The number of carbonyl (C=O) groups excluding carboxylic acids is 1. The van der Waals surface area contributed by atoms with Crippen molar-refractivity contribution in [2.24, 2.45) is 0 Å². The Morgan fingerprint density at radius 1 is 0.423 bits per heavy atom. The zero-order valence-corrected chi connectivity index (χ0v) is 11.5. The van der Waals surface area contributed by atoms with Crippen LogP contribution in [0.25, 0.3) is 0 Å². The molecule has 0 unspecified atom stereocenters. The third kappa shape index (κ3) is 2.99. The average Bonchev–Trinajstić information content (AvgIpc) is 2.62. The fraction of sp³-hybridized carbons (Fsp3) is 0. The van der Waals surface area contributed by atoms with E-state index < -0.39 is 75.8 Å². The molecule has 0 aliphatic rings. The Kier molecular flexibility index (Phi) is 5.00. The van der Waals surface area contributed by atoms with Gasteiger partial charge in [0.2, 0.25) is 69.7 Å². The third-order valence-electron chi connectivity index (χ3n) is 2.71. The van der Waals surface area contributed by atoms with E-state index in [1.54, 1.807) is 0 Å². The molecule has 0 aromatic heterocycles. The molecule has 0 bridgehead atoms. The molecule has 140 valence electrons. The van der Waals surface area contributed by atoms with Crippen LogP contribution in [0.1, 0.15) is 0 Å². The van der Waals surface area contributed by atoms with Crippen molar-refractivity contribution >= 4 is 6.16 Å². The maximum atomic E-state index is 13.3. The molecule has 0 amide bonds. The van der Waals surface area contributed by atoms with Crippen molar-refractivity contribution in [3.05, 3.63) is 58.2 Å². The number of hydrogen-bond acceptors (Lipinski definition) is 3. The number of ether oxygens (including phenoxy) is 2. The van der Waals surface area contributed by atoms with Crippen LogP contribution in [0.3, 0.4) is 0 Å². The van der Waals surface area contributed by atoms with E-state index in [1.165, 1.54) is 0 Å². The van der Waals surface area contributed by atoms with Gasteiger partial charge in [0, 0.05) is 0 Å². The minimum absolute atomic E-state index is 2.23. The number of benzene rings is 2. The molecule has 13 heteroatoms. The Bertz CT molecular complexity index is 796. The lowest BCUT2D eigenvalue weighted by Crippen LogP contribution is -2.19. The van der Waals surface area contributed by atoms with Gasteiger partial charge in [0.1, 0.15) is 0 Å². The van der Waals surface area contributed by atoms with E-state index in [0.29, 0.717) is 0 Å². The highest BCUT2D eigenvalue weighted by atomic mass is 19.2. The van der Waals surface area contributed by atoms with Gasteiger partial charge < -0.3 is 9.47 Å². The van der Waals surface area contributed by atoms with Gasteiger partial charge >= 0.3 is 6.16 Å². The molecular formula is C13F10O3. The summed E-state index contributed by atoms with van der Waals surface area (Å²) in [5.41, 5.74) is 0. The summed E-state index contributed by atoms with van der Waals surface area (Å²) < 4.78 is 137. The highest BCUT2D eigenvalue weighted by Gasteiger charge is 2.32. The van der Waals surface area contributed by atoms with Crippen molar-refractivity contribution in [1.29, 1.82) is 0 Å². The molecule has 0 aliphatic carbocycles. The minimum atomic E-state index is -2.62. The normalized spacial score (nSPS) is 10.8. The van der Waals surface area contributed by atoms with Crippen molar-refractivity contribution in [3.63, 3.8) is 0 Å². The second-order valence-electron chi connectivity index (χ2n) is 4.25. The maximum absolute atomic E-state index is 13.3. The lowest BCUT2D eigenvalue weighted by atomic mass is 10.2. The third-order valence-corrected chi connectivity index (χ3v) is 2.71. The SMILES string of the molecule is O=C(Oc1c(F)c(F)c(F)c(F)c1F)Oc1c(F)c(F)c(F)c(F)c1F. The first-order chi connectivity index (χ1) is 12.0.